The molecular weight excluding hydrogens is 467 g/mol. The maximum absolute atomic E-state index is 14.4. The SMILES string of the molecule is Cc1ccc(S(=O)(=O)n2c(C(=O)C(C#N)=CN(C)C)cc3ccc(-c4ncccc4F)cc32)cc1. The molecule has 7 nitrogen and oxygen atoms in total. The fourth-order valence-electron chi connectivity index (χ4n) is 3.69. The van der Waals surface area contributed by atoms with Crippen molar-refractivity contribution in [3.63, 3.8) is 0 Å². The van der Waals surface area contributed by atoms with Crippen LogP contribution in [0.3, 0.4) is 0 Å². The number of aryl methyl sites for hydroxylation is 1. The number of pyridine rings is 1. The number of carbonyl (C=O) groups excluding carboxylic acids is 1. The second-order valence-corrected chi connectivity index (χ2v) is 9.95. The Morgan fingerprint density at radius 2 is 1.83 bits per heavy atom. The molecule has 35 heavy (non-hydrogen) atoms. The molecule has 2 aromatic carbocycles. The number of ketones is 1. The maximum Gasteiger partial charge on any atom is 0.268 e. The molecule has 0 aliphatic carbocycles. The van der Waals surface area contributed by atoms with E-state index in [0.717, 1.165) is 9.54 Å². The predicted molar refractivity (Wildman–Crippen MR) is 131 cm³/mol. The number of nitrogens with zero attached hydrogens (tertiary/aromatic N) is 4. The Kier molecular flexibility index (Phi) is 6.24. The molecule has 176 valence electrons. The molecule has 0 fully saturated rings. The fraction of sp³-hybridized carbons (Fsp3) is 0.115. The van der Waals surface area contributed by atoms with E-state index in [1.165, 1.54) is 53.7 Å². The predicted octanol–water partition coefficient (Wildman–Crippen LogP) is 4.54. The molecule has 4 aromatic rings. The van der Waals surface area contributed by atoms with Crippen molar-refractivity contribution in [1.29, 1.82) is 5.26 Å². The minimum Gasteiger partial charge on any atom is -0.382 e. The normalized spacial score (nSPS) is 11.9. The maximum atomic E-state index is 14.4. The van der Waals surface area contributed by atoms with Crippen LogP contribution in [0, 0.1) is 24.1 Å². The first-order valence-corrected chi connectivity index (χ1v) is 12.0. The monoisotopic (exact) mass is 488 g/mol. The van der Waals surface area contributed by atoms with Crippen LogP contribution < -0.4 is 0 Å². The van der Waals surface area contributed by atoms with Gasteiger partial charge in [-0.15, -0.1) is 0 Å². The lowest BCUT2D eigenvalue weighted by Gasteiger charge is -2.13. The lowest BCUT2D eigenvalue weighted by atomic mass is 10.1. The summed E-state index contributed by atoms with van der Waals surface area (Å²) in [5.41, 5.74) is 0.998. The van der Waals surface area contributed by atoms with Gasteiger partial charge in [0.15, 0.2) is 0 Å². The zero-order valence-electron chi connectivity index (χ0n) is 19.2. The van der Waals surface area contributed by atoms with E-state index in [0.29, 0.717) is 10.9 Å². The summed E-state index contributed by atoms with van der Waals surface area (Å²) < 4.78 is 42.9. The second kappa shape index (κ2) is 9.16. The number of Topliss-reactive ketones (excluding diaryl/α,β-unsaturated/α-hetero) is 1. The summed E-state index contributed by atoms with van der Waals surface area (Å²) in [5.74, 6) is -1.32. The van der Waals surface area contributed by atoms with Gasteiger partial charge in [-0.25, -0.2) is 16.8 Å². The highest BCUT2D eigenvalue weighted by molar-refractivity contribution is 7.90. The number of hydrogen-bond donors (Lipinski definition) is 0. The lowest BCUT2D eigenvalue weighted by molar-refractivity contribution is 0.103. The van der Waals surface area contributed by atoms with Gasteiger partial charge in [0.2, 0.25) is 5.78 Å². The number of nitriles is 1. The highest BCUT2D eigenvalue weighted by atomic mass is 32.2. The third kappa shape index (κ3) is 4.44. The topological polar surface area (TPSA) is 96.1 Å². The van der Waals surface area contributed by atoms with Crippen LogP contribution in [-0.2, 0) is 10.0 Å². The Morgan fingerprint density at radius 3 is 2.46 bits per heavy atom. The van der Waals surface area contributed by atoms with Gasteiger partial charge in [0.05, 0.1) is 10.4 Å². The summed E-state index contributed by atoms with van der Waals surface area (Å²) in [6.45, 7) is 1.83. The summed E-state index contributed by atoms with van der Waals surface area (Å²) in [6, 6.07) is 16.9. The molecule has 2 aromatic heterocycles. The molecule has 0 saturated heterocycles. The number of benzene rings is 2. The van der Waals surface area contributed by atoms with E-state index in [9.17, 15) is 22.9 Å². The Labute approximate surface area is 202 Å². The lowest BCUT2D eigenvalue weighted by Crippen LogP contribution is -2.20. The van der Waals surface area contributed by atoms with Crippen molar-refractivity contribution in [3.8, 4) is 17.3 Å². The minimum atomic E-state index is -4.26. The van der Waals surface area contributed by atoms with Gasteiger partial charge in [0, 0.05) is 37.4 Å². The molecule has 9 heteroatoms. The van der Waals surface area contributed by atoms with Crippen LogP contribution in [0.2, 0.25) is 0 Å². The van der Waals surface area contributed by atoms with E-state index in [2.05, 4.69) is 4.98 Å². The Bertz CT molecular complexity index is 1630. The van der Waals surface area contributed by atoms with Crippen molar-refractivity contribution in [2.24, 2.45) is 0 Å². The number of halogens is 1. The van der Waals surface area contributed by atoms with Crippen LogP contribution in [0.4, 0.5) is 4.39 Å². The van der Waals surface area contributed by atoms with Gasteiger partial charge in [-0.05, 0) is 43.3 Å². The van der Waals surface area contributed by atoms with Crippen molar-refractivity contribution in [2.45, 2.75) is 11.8 Å². The third-order valence-electron chi connectivity index (χ3n) is 5.34. The zero-order valence-corrected chi connectivity index (χ0v) is 20.0. The van der Waals surface area contributed by atoms with Gasteiger partial charge in [-0.3, -0.25) is 9.78 Å². The van der Waals surface area contributed by atoms with E-state index in [4.69, 9.17) is 0 Å². The molecule has 0 aliphatic heterocycles. The first-order valence-electron chi connectivity index (χ1n) is 10.5. The van der Waals surface area contributed by atoms with Gasteiger partial charge >= 0.3 is 0 Å². The average molecular weight is 489 g/mol. The van der Waals surface area contributed by atoms with Crippen LogP contribution >= 0.6 is 0 Å². The zero-order chi connectivity index (χ0) is 25.3. The van der Waals surface area contributed by atoms with E-state index in [1.807, 2.05) is 13.0 Å². The summed E-state index contributed by atoms with van der Waals surface area (Å²) in [5, 5.41) is 10.0. The molecule has 0 radical (unpaired) electrons. The van der Waals surface area contributed by atoms with Gasteiger partial charge < -0.3 is 4.90 Å². The third-order valence-corrected chi connectivity index (χ3v) is 7.08. The quantitative estimate of drug-likeness (QED) is 0.225. The Hall–Kier alpha value is -4.29. The van der Waals surface area contributed by atoms with E-state index in [-0.39, 0.29) is 27.4 Å². The first-order chi connectivity index (χ1) is 16.6. The molecular formula is C26H21FN4O3S. The van der Waals surface area contributed by atoms with Crippen LogP contribution in [0.25, 0.3) is 22.2 Å². The first kappa shape index (κ1) is 23.9. The van der Waals surface area contributed by atoms with Gasteiger partial charge in [0.25, 0.3) is 10.0 Å². The van der Waals surface area contributed by atoms with Crippen molar-refractivity contribution in [2.75, 3.05) is 14.1 Å². The van der Waals surface area contributed by atoms with E-state index < -0.39 is 21.6 Å². The number of fused-ring (bicyclic) bond motifs is 1. The van der Waals surface area contributed by atoms with E-state index >= 15 is 0 Å². The smallest absolute Gasteiger partial charge is 0.268 e. The van der Waals surface area contributed by atoms with E-state index in [1.54, 1.807) is 38.4 Å². The standard InChI is InChI=1S/C26H21FN4O3S/c1-17-6-10-21(11-7-17)35(33,34)31-23-14-19(25-22(27)5-4-12-29-25)9-8-18(23)13-24(31)26(32)20(15-28)16-30(2)3/h4-14,16H,1-3H3. The fourth-order valence-corrected chi connectivity index (χ4v) is 5.19. The summed E-state index contributed by atoms with van der Waals surface area (Å²) >= 11 is 0. The number of allylic oxidation sites excluding steroid dienone is 1. The van der Waals surface area contributed by atoms with Crippen molar-refractivity contribution >= 4 is 26.7 Å². The number of carbonyl (C=O) groups is 1. The molecule has 0 atom stereocenters. The summed E-state index contributed by atoms with van der Waals surface area (Å²) in [6.07, 6.45) is 2.77. The number of rotatable bonds is 6. The highest BCUT2D eigenvalue weighted by Crippen LogP contribution is 2.31. The summed E-state index contributed by atoms with van der Waals surface area (Å²) in [7, 11) is -0.963. The Morgan fingerprint density at radius 1 is 1.11 bits per heavy atom. The number of hydrogen-bond acceptors (Lipinski definition) is 6. The summed E-state index contributed by atoms with van der Waals surface area (Å²) in [4.78, 5) is 18.9. The molecule has 0 saturated carbocycles. The van der Waals surface area contributed by atoms with Crippen molar-refractivity contribution in [3.05, 3.63) is 95.7 Å². The molecule has 0 unspecified atom stereocenters. The number of aromatic nitrogens is 2. The van der Waals surface area contributed by atoms with Crippen LogP contribution in [0.5, 0.6) is 0 Å². The molecule has 0 amide bonds. The molecule has 0 spiro atoms. The molecule has 2 heterocycles. The van der Waals surface area contributed by atoms with Crippen molar-refractivity contribution < 1.29 is 17.6 Å². The van der Waals surface area contributed by atoms with Crippen LogP contribution in [-0.4, -0.2) is 42.2 Å². The minimum absolute atomic E-state index is 0.0285. The largest absolute Gasteiger partial charge is 0.382 e. The van der Waals surface area contributed by atoms with Gasteiger partial charge in [-0.1, -0.05) is 29.8 Å². The molecule has 0 N–H and O–H groups in total. The second-order valence-electron chi connectivity index (χ2n) is 8.17. The van der Waals surface area contributed by atoms with Crippen LogP contribution in [0.15, 0.2) is 83.5 Å². The van der Waals surface area contributed by atoms with Crippen LogP contribution in [0.1, 0.15) is 16.1 Å². The van der Waals surface area contributed by atoms with Gasteiger partial charge in [-0.2, -0.15) is 5.26 Å². The Balaban J connectivity index is 2.04. The average Bonchev–Trinajstić information content (AvgIpc) is 3.22. The molecule has 0 aliphatic rings. The molecule has 4 rings (SSSR count). The van der Waals surface area contributed by atoms with Gasteiger partial charge in [0.1, 0.15) is 28.8 Å². The molecule has 0 bridgehead atoms. The van der Waals surface area contributed by atoms with Crippen molar-refractivity contribution in [1.82, 2.24) is 13.9 Å². The highest BCUT2D eigenvalue weighted by Gasteiger charge is 2.28.